The SMILES string of the molecule is CC.CC(C)=C1CCC=C(NCc2cccc(NC(=O)c3ccc(Oc4ccccc4)cc3)c2)C1.CNC.Cc1ccccc1C. The topological polar surface area (TPSA) is 62.4 Å². The number of allylic oxidation sites excluding steroid dienone is 3. The largest absolute Gasteiger partial charge is 0.457 e. The van der Waals surface area contributed by atoms with E-state index in [0.29, 0.717) is 11.3 Å². The average Bonchev–Trinajstić information content (AvgIpc) is 3.08. The Kier molecular flexibility index (Phi) is 17.3. The van der Waals surface area contributed by atoms with Gasteiger partial charge >= 0.3 is 0 Å². The minimum atomic E-state index is -0.144. The zero-order chi connectivity index (χ0) is 33.7. The van der Waals surface area contributed by atoms with E-state index in [1.54, 1.807) is 24.3 Å². The highest BCUT2D eigenvalue weighted by Gasteiger charge is 2.10. The Morgan fingerprint density at radius 1 is 0.761 bits per heavy atom. The number of amides is 1. The quantitative estimate of drug-likeness (QED) is 0.180. The fraction of sp³-hybridized carbons (Fsp3) is 0.293. The summed E-state index contributed by atoms with van der Waals surface area (Å²) in [6.07, 6.45) is 5.55. The zero-order valence-corrected chi connectivity index (χ0v) is 29.0. The first-order valence-electron chi connectivity index (χ1n) is 16.2. The Labute approximate surface area is 277 Å². The number of nitrogens with one attached hydrogen (secondary N) is 3. The molecule has 4 aromatic rings. The molecule has 5 rings (SSSR count). The molecule has 0 aromatic heterocycles. The van der Waals surface area contributed by atoms with Crippen LogP contribution in [0.1, 0.15) is 74.0 Å². The average molecular weight is 620 g/mol. The lowest BCUT2D eigenvalue weighted by Gasteiger charge is -2.19. The molecule has 0 aliphatic heterocycles. The molecule has 0 unspecified atom stereocenters. The smallest absolute Gasteiger partial charge is 0.255 e. The van der Waals surface area contributed by atoms with E-state index in [0.717, 1.165) is 42.8 Å². The van der Waals surface area contributed by atoms with Gasteiger partial charge in [-0.15, -0.1) is 0 Å². The second-order valence-electron chi connectivity index (χ2n) is 11.1. The van der Waals surface area contributed by atoms with Gasteiger partial charge < -0.3 is 20.7 Å². The lowest BCUT2D eigenvalue weighted by molar-refractivity contribution is 0.102. The van der Waals surface area contributed by atoms with Crippen LogP contribution in [-0.4, -0.2) is 20.0 Å². The summed E-state index contributed by atoms with van der Waals surface area (Å²) < 4.78 is 5.80. The van der Waals surface area contributed by atoms with Crippen molar-refractivity contribution >= 4 is 11.6 Å². The van der Waals surface area contributed by atoms with Crippen LogP contribution in [0.3, 0.4) is 0 Å². The van der Waals surface area contributed by atoms with Crippen LogP contribution in [0.2, 0.25) is 0 Å². The molecule has 5 nitrogen and oxygen atoms in total. The van der Waals surface area contributed by atoms with Crippen molar-refractivity contribution in [2.24, 2.45) is 0 Å². The number of benzene rings is 4. The number of hydrogen-bond donors (Lipinski definition) is 3. The Morgan fingerprint density at radius 2 is 1.35 bits per heavy atom. The minimum Gasteiger partial charge on any atom is -0.457 e. The van der Waals surface area contributed by atoms with E-state index in [9.17, 15) is 4.79 Å². The van der Waals surface area contributed by atoms with E-state index in [4.69, 9.17) is 4.74 Å². The molecule has 1 aliphatic carbocycles. The van der Waals surface area contributed by atoms with Gasteiger partial charge in [0.25, 0.3) is 5.91 Å². The molecule has 1 aliphatic rings. The lowest BCUT2D eigenvalue weighted by Crippen LogP contribution is -2.16. The van der Waals surface area contributed by atoms with Crippen LogP contribution in [-0.2, 0) is 6.54 Å². The van der Waals surface area contributed by atoms with Crippen molar-refractivity contribution in [1.29, 1.82) is 0 Å². The summed E-state index contributed by atoms with van der Waals surface area (Å²) in [7, 11) is 3.75. The van der Waals surface area contributed by atoms with E-state index >= 15 is 0 Å². The monoisotopic (exact) mass is 619 g/mol. The molecule has 0 bridgehead atoms. The molecule has 3 N–H and O–H groups in total. The Balaban J connectivity index is 0.000000478. The van der Waals surface area contributed by atoms with Gasteiger partial charge in [-0.3, -0.25) is 4.79 Å². The molecule has 4 aromatic carbocycles. The zero-order valence-electron chi connectivity index (χ0n) is 29.0. The molecule has 0 radical (unpaired) electrons. The van der Waals surface area contributed by atoms with Crippen molar-refractivity contribution < 1.29 is 9.53 Å². The maximum Gasteiger partial charge on any atom is 0.255 e. The molecular formula is C41H53N3O2. The molecule has 1 amide bonds. The van der Waals surface area contributed by atoms with Crippen LogP contribution in [0.15, 0.2) is 126 Å². The van der Waals surface area contributed by atoms with Crippen molar-refractivity contribution in [2.75, 3.05) is 19.4 Å². The van der Waals surface area contributed by atoms with Gasteiger partial charge in [0.1, 0.15) is 11.5 Å². The van der Waals surface area contributed by atoms with Crippen LogP contribution in [0, 0.1) is 13.8 Å². The normalized spacial score (nSPS) is 11.6. The van der Waals surface area contributed by atoms with Crippen LogP contribution in [0.4, 0.5) is 5.69 Å². The molecule has 0 fully saturated rings. The van der Waals surface area contributed by atoms with E-state index < -0.39 is 0 Å². The van der Waals surface area contributed by atoms with E-state index in [1.807, 2.05) is 76.5 Å². The van der Waals surface area contributed by atoms with Crippen molar-refractivity contribution in [3.05, 3.63) is 148 Å². The summed E-state index contributed by atoms with van der Waals surface area (Å²) in [6, 6.07) is 33.1. The second kappa shape index (κ2) is 21.2. The first-order valence-corrected chi connectivity index (χ1v) is 16.2. The number of carbonyl (C=O) groups excluding carboxylic acids is 1. The van der Waals surface area contributed by atoms with Crippen LogP contribution >= 0.6 is 0 Å². The lowest BCUT2D eigenvalue weighted by atomic mass is 9.94. The predicted molar refractivity (Wildman–Crippen MR) is 197 cm³/mol. The summed E-state index contributed by atoms with van der Waals surface area (Å²) >= 11 is 0. The molecule has 244 valence electrons. The number of carbonyl (C=O) groups is 1. The third-order valence-corrected chi connectivity index (χ3v) is 7.17. The Morgan fingerprint density at radius 3 is 1.93 bits per heavy atom. The summed E-state index contributed by atoms with van der Waals surface area (Å²) in [5.41, 5.74) is 9.47. The minimum absolute atomic E-state index is 0.144. The van der Waals surface area contributed by atoms with Crippen molar-refractivity contribution in [1.82, 2.24) is 10.6 Å². The van der Waals surface area contributed by atoms with Gasteiger partial charge in [-0.2, -0.15) is 0 Å². The third kappa shape index (κ3) is 13.6. The summed E-state index contributed by atoms with van der Waals surface area (Å²) in [5, 5.41) is 9.31. The number of hydrogen-bond acceptors (Lipinski definition) is 4. The second-order valence-corrected chi connectivity index (χ2v) is 11.1. The maximum absolute atomic E-state index is 12.7. The maximum atomic E-state index is 12.7. The van der Waals surface area contributed by atoms with Crippen LogP contribution in [0.25, 0.3) is 0 Å². The van der Waals surface area contributed by atoms with Gasteiger partial charge in [-0.25, -0.2) is 0 Å². The molecule has 46 heavy (non-hydrogen) atoms. The van der Waals surface area contributed by atoms with Gasteiger partial charge in [0, 0.05) is 29.9 Å². The van der Waals surface area contributed by atoms with Crippen molar-refractivity contribution in [3.8, 4) is 11.5 Å². The highest BCUT2D eigenvalue weighted by Crippen LogP contribution is 2.25. The van der Waals surface area contributed by atoms with Gasteiger partial charge in [0.2, 0.25) is 0 Å². The summed E-state index contributed by atoms with van der Waals surface area (Å²) in [4.78, 5) is 12.7. The summed E-state index contributed by atoms with van der Waals surface area (Å²) in [5.74, 6) is 1.31. The molecule has 5 heteroatoms. The van der Waals surface area contributed by atoms with E-state index in [-0.39, 0.29) is 5.91 Å². The van der Waals surface area contributed by atoms with E-state index in [2.05, 4.69) is 80.1 Å². The molecule has 0 saturated carbocycles. The number of rotatable bonds is 7. The fourth-order valence-electron chi connectivity index (χ4n) is 4.51. The number of anilines is 1. The molecule has 0 heterocycles. The molecule has 0 atom stereocenters. The highest BCUT2D eigenvalue weighted by atomic mass is 16.5. The molecule has 0 spiro atoms. The first kappa shape index (κ1) is 37.6. The van der Waals surface area contributed by atoms with Gasteiger partial charge in [0.05, 0.1) is 0 Å². The van der Waals surface area contributed by atoms with E-state index in [1.165, 1.54) is 28.0 Å². The fourth-order valence-corrected chi connectivity index (χ4v) is 4.51. The van der Waals surface area contributed by atoms with Gasteiger partial charge in [-0.05, 0) is 120 Å². The van der Waals surface area contributed by atoms with Crippen molar-refractivity contribution in [3.63, 3.8) is 0 Å². The molecule has 0 saturated heterocycles. The van der Waals surface area contributed by atoms with Gasteiger partial charge in [0.15, 0.2) is 0 Å². The van der Waals surface area contributed by atoms with Crippen LogP contribution in [0.5, 0.6) is 11.5 Å². The third-order valence-electron chi connectivity index (χ3n) is 7.17. The Bertz CT molecular complexity index is 1500. The highest BCUT2D eigenvalue weighted by molar-refractivity contribution is 6.04. The number of aryl methyl sites for hydroxylation is 2. The molecular weight excluding hydrogens is 566 g/mol. The number of para-hydroxylation sites is 1. The standard InChI is InChI=1S/C29H30N2O2.C8H10.C2H7N.C2H6/c1-21(2)24-9-7-10-25(19-24)30-20-22-8-6-11-26(18-22)31-29(32)23-14-16-28(17-15-23)33-27-12-4-3-5-13-27;1-7-5-3-4-6-8(7)2;1-3-2;1-2/h3-6,8,10-18,30H,7,9,19-20H2,1-2H3,(H,31,32);3-6H,1-2H3;3H,1-2H3;1-2H3. The predicted octanol–water partition coefficient (Wildman–Crippen LogP) is 10.4. The summed E-state index contributed by atoms with van der Waals surface area (Å²) in [6.45, 7) is 13.4. The number of ether oxygens (including phenoxy) is 1. The Hall–Kier alpha value is -4.61. The van der Waals surface area contributed by atoms with Gasteiger partial charge in [-0.1, -0.05) is 85.7 Å². The first-order chi connectivity index (χ1) is 22.3. The van der Waals surface area contributed by atoms with Crippen LogP contribution < -0.4 is 20.7 Å². The van der Waals surface area contributed by atoms with Crippen molar-refractivity contribution in [2.45, 2.75) is 67.3 Å².